The van der Waals surface area contributed by atoms with E-state index in [2.05, 4.69) is 13.8 Å². The van der Waals surface area contributed by atoms with Gasteiger partial charge in [-0.05, 0) is 61.2 Å². The van der Waals surface area contributed by atoms with Gasteiger partial charge in [0.25, 0.3) is 5.91 Å². The number of hydrogen-bond acceptors (Lipinski definition) is 5. The third-order valence-electron chi connectivity index (χ3n) is 5.46. The third-order valence-corrected chi connectivity index (χ3v) is 6.84. The summed E-state index contributed by atoms with van der Waals surface area (Å²) in [6, 6.07) is 17.9. The van der Waals surface area contributed by atoms with Gasteiger partial charge in [0.2, 0.25) is 0 Å². The van der Waals surface area contributed by atoms with E-state index in [9.17, 15) is 4.79 Å². The number of benzene rings is 2. The molecule has 4 rings (SSSR count). The van der Waals surface area contributed by atoms with Crippen molar-refractivity contribution in [3.05, 3.63) is 71.3 Å². The molecule has 0 spiro atoms. The lowest BCUT2D eigenvalue weighted by molar-refractivity contribution is -0.122. The summed E-state index contributed by atoms with van der Waals surface area (Å²) in [5, 5.41) is 4.87. The van der Waals surface area contributed by atoms with Gasteiger partial charge >= 0.3 is 0 Å². The molecule has 0 aliphatic carbocycles. The van der Waals surface area contributed by atoms with Crippen LogP contribution in [0.15, 0.2) is 65.7 Å². The Morgan fingerprint density at radius 1 is 1.12 bits per heavy atom. The summed E-state index contributed by atoms with van der Waals surface area (Å²) in [5.41, 5.74) is 3.59. The zero-order chi connectivity index (χ0) is 24.1. The predicted octanol–water partition coefficient (Wildman–Crippen LogP) is 6.58. The molecule has 1 fully saturated rings. The van der Waals surface area contributed by atoms with Crippen molar-refractivity contribution in [3.63, 3.8) is 0 Å². The van der Waals surface area contributed by atoms with Gasteiger partial charge < -0.3 is 4.74 Å². The van der Waals surface area contributed by atoms with Crippen LogP contribution in [0.3, 0.4) is 0 Å². The third kappa shape index (κ3) is 5.59. The molecule has 1 saturated heterocycles. The lowest BCUT2D eigenvalue weighted by Crippen LogP contribution is -2.28. The van der Waals surface area contributed by atoms with Gasteiger partial charge in [0.15, 0.2) is 0 Å². The molecule has 5 nitrogen and oxygen atoms in total. The Morgan fingerprint density at radius 3 is 2.53 bits per heavy atom. The highest BCUT2D eigenvalue weighted by Gasteiger charge is 2.31. The number of aromatic nitrogens is 2. The number of para-hydroxylation sites is 1. The van der Waals surface area contributed by atoms with Crippen LogP contribution in [0.2, 0.25) is 0 Å². The molecule has 176 valence electrons. The number of rotatable bonds is 9. The Kier molecular flexibility index (Phi) is 7.85. The smallest absolute Gasteiger partial charge is 0.266 e. The Bertz CT molecular complexity index is 1180. The molecule has 1 aromatic heterocycles. The molecule has 0 bridgehead atoms. The van der Waals surface area contributed by atoms with Crippen molar-refractivity contribution in [1.82, 2.24) is 14.7 Å². The Morgan fingerprint density at radius 2 is 1.85 bits per heavy atom. The van der Waals surface area contributed by atoms with E-state index in [0.29, 0.717) is 28.3 Å². The maximum Gasteiger partial charge on any atom is 0.266 e. The summed E-state index contributed by atoms with van der Waals surface area (Å²) in [6.07, 6.45) is 5.75. The van der Waals surface area contributed by atoms with Crippen molar-refractivity contribution in [2.45, 2.75) is 33.6 Å². The van der Waals surface area contributed by atoms with Crippen LogP contribution >= 0.6 is 24.0 Å². The lowest BCUT2D eigenvalue weighted by Gasteiger charge is -2.11. The number of carbonyl (C=O) groups excluding carboxylic acids is 1. The number of ether oxygens (including phenoxy) is 1. The van der Waals surface area contributed by atoms with Crippen LogP contribution in [-0.4, -0.2) is 38.1 Å². The average Bonchev–Trinajstić information content (AvgIpc) is 3.37. The van der Waals surface area contributed by atoms with E-state index in [-0.39, 0.29) is 5.91 Å². The minimum Gasteiger partial charge on any atom is -0.494 e. The van der Waals surface area contributed by atoms with Crippen LogP contribution in [0.1, 0.15) is 39.2 Å². The zero-order valence-corrected chi connectivity index (χ0v) is 21.4. The van der Waals surface area contributed by atoms with Crippen LogP contribution in [0.25, 0.3) is 23.0 Å². The van der Waals surface area contributed by atoms with Crippen molar-refractivity contribution in [2.24, 2.45) is 5.92 Å². The standard InChI is InChI=1S/C27H29N3O2S2/c1-4-15-29-26(31)24(34-27(29)33)17-21-18-30(22-8-6-5-7-9-22)28-25(21)20-10-12-23(13-11-20)32-16-14-19(2)3/h5-13,17-19H,4,14-16H2,1-3H3/b24-17+. The predicted molar refractivity (Wildman–Crippen MR) is 144 cm³/mol. The van der Waals surface area contributed by atoms with Crippen molar-refractivity contribution in [2.75, 3.05) is 13.2 Å². The number of thiocarbonyl (C=S) groups is 1. The summed E-state index contributed by atoms with van der Waals surface area (Å²) in [7, 11) is 0. The highest BCUT2D eigenvalue weighted by atomic mass is 32.2. The van der Waals surface area contributed by atoms with Crippen molar-refractivity contribution in [1.29, 1.82) is 0 Å². The van der Waals surface area contributed by atoms with Crippen LogP contribution in [-0.2, 0) is 4.79 Å². The number of amides is 1. The molecule has 0 saturated carbocycles. The molecule has 0 unspecified atom stereocenters. The van der Waals surface area contributed by atoms with Crippen LogP contribution in [0.4, 0.5) is 0 Å². The number of thioether (sulfide) groups is 1. The van der Waals surface area contributed by atoms with E-state index in [1.165, 1.54) is 11.8 Å². The van der Waals surface area contributed by atoms with Gasteiger partial charge in [0.1, 0.15) is 10.1 Å². The van der Waals surface area contributed by atoms with Crippen molar-refractivity contribution in [3.8, 4) is 22.7 Å². The molecular formula is C27H29N3O2S2. The topological polar surface area (TPSA) is 47.4 Å². The van der Waals surface area contributed by atoms with Crippen LogP contribution < -0.4 is 4.74 Å². The van der Waals surface area contributed by atoms with Gasteiger partial charge in [0, 0.05) is 23.9 Å². The van der Waals surface area contributed by atoms with Gasteiger partial charge in [-0.15, -0.1) is 0 Å². The number of nitrogens with zero attached hydrogens (tertiary/aromatic N) is 3. The number of hydrogen-bond donors (Lipinski definition) is 0. The van der Waals surface area contributed by atoms with E-state index in [1.54, 1.807) is 4.90 Å². The fourth-order valence-corrected chi connectivity index (χ4v) is 4.91. The Labute approximate surface area is 210 Å². The van der Waals surface area contributed by atoms with Gasteiger partial charge in [-0.25, -0.2) is 4.68 Å². The summed E-state index contributed by atoms with van der Waals surface area (Å²) in [6.45, 7) is 7.75. The largest absolute Gasteiger partial charge is 0.494 e. The fraction of sp³-hybridized carbons (Fsp3) is 0.296. The highest BCUT2D eigenvalue weighted by molar-refractivity contribution is 8.26. The molecule has 0 atom stereocenters. The first-order chi connectivity index (χ1) is 16.5. The Hall–Kier alpha value is -2.90. The first-order valence-electron chi connectivity index (χ1n) is 11.6. The van der Waals surface area contributed by atoms with E-state index in [0.717, 1.165) is 41.1 Å². The first-order valence-corrected chi connectivity index (χ1v) is 12.8. The molecule has 0 N–H and O–H groups in total. The van der Waals surface area contributed by atoms with E-state index in [4.69, 9.17) is 22.1 Å². The molecular weight excluding hydrogens is 462 g/mol. The minimum absolute atomic E-state index is 0.0378. The molecule has 1 aliphatic heterocycles. The van der Waals surface area contributed by atoms with Crippen LogP contribution in [0.5, 0.6) is 5.75 Å². The molecule has 1 amide bonds. The van der Waals surface area contributed by atoms with Gasteiger partial charge in [0.05, 0.1) is 22.9 Å². The number of carbonyl (C=O) groups is 1. The summed E-state index contributed by atoms with van der Waals surface area (Å²) < 4.78 is 8.33. The maximum absolute atomic E-state index is 12.9. The molecule has 7 heteroatoms. The lowest BCUT2D eigenvalue weighted by atomic mass is 10.1. The molecule has 34 heavy (non-hydrogen) atoms. The van der Waals surface area contributed by atoms with Gasteiger partial charge in [-0.1, -0.05) is 63.0 Å². The summed E-state index contributed by atoms with van der Waals surface area (Å²) in [4.78, 5) is 15.2. The van der Waals surface area contributed by atoms with Gasteiger partial charge in [-0.2, -0.15) is 5.10 Å². The second kappa shape index (κ2) is 11.0. The molecule has 2 aromatic carbocycles. The molecule has 2 heterocycles. The molecule has 1 aliphatic rings. The second-order valence-electron chi connectivity index (χ2n) is 8.60. The van der Waals surface area contributed by atoms with E-state index < -0.39 is 0 Å². The quantitative estimate of drug-likeness (QED) is 0.250. The first kappa shape index (κ1) is 24.2. The summed E-state index contributed by atoms with van der Waals surface area (Å²) >= 11 is 6.79. The Balaban J connectivity index is 1.67. The average molecular weight is 492 g/mol. The minimum atomic E-state index is -0.0378. The van der Waals surface area contributed by atoms with E-state index in [1.807, 2.05) is 78.5 Å². The SMILES string of the molecule is CCCN1C(=O)/C(=C\c2cn(-c3ccccc3)nc2-c2ccc(OCCC(C)C)cc2)SC1=S. The fourth-order valence-electron chi connectivity index (χ4n) is 3.61. The monoisotopic (exact) mass is 491 g/mol. The second-order valence-corrected chi connectivity index (χ2v) is 10.3. The van der Waals surface area contributed by atoms with Crippen LogP contribution in [0, 0.1) is 5.92 Å². The van der Waals surface area contributed by atoms with Crippen molar-refractivity contribution >= 4 is 40.3 Å². The highest BCUT2D eigenvalue weighted by Crippen LogP contribution is 2.35. The maximum atomic E-state index is 12.9. The van der Waals surface area contributed by atoms with Gasteiger partial charge in [-0.3, -0.25) is 9.69 Å². The van der Waals surface area contributed by atoms with E-state index >= 15 is 0 Å². The molecule has 3 aromatic rings. The summed E-state index contributed by atoms with van der Waals surface area (Å²) in [5.74, 6) is 1.41. The normalized spacial score (nSPS) is 15.1. The van der Waals surface area contributed by atoms with Crippen molar-refractivity contribution < 1.29 is 9.53 Å². The molecule has 0 radical (unpaired) electrons. The zero-order valence-electron chi connectivity index (χ0n) is 19.7.